The Hall–Kier alpha value is -1.37. The van der Waals surface area contributed by atoms with Crippen molar-refractivity contribution in [1.82, 2.24) is 9.88 Å². The van der Waals surface area contributed by atoms with E-state index in [0.29, 0.717) is 5.75 Å². The molecule has 0 bridgehead atoms. The van der Waals surface area contributed by atoms with Gasteiger partial charge in [0.2, 0.25) is 0 Å². The molecule has 124 valence electrons. The second-order valence-electron chi connectivity index (χ2n) is 5.46. The van der Waals surface area contributed by atoms with Crippen molar-refractivity contribution in [2.45, 2.75) is 20.3 Å². The molecule has 1 heterocycles. The molecule has 1 aromatic carbocycles. The van der Waals surface area contributed by atoms with Gasteiger partial charge < -0.3 is 14.6 Å². The molecule has 0 spiro atoms. The van der Waals surface area contributed by atoms with Gasteiger partial charge in [0.1, 0.15) is 5.75 Å². The van der Waals surface area contributed by atoms with E-state index < -0.39 is 0 Å². The Balaban J connectivity index is 2.16. The van der Waals surface area contributed by atoms with Crippen molar-refractivity contribution in [2.24, 2.45) is 0 Å². The average Bonchev–Trinajstić information content (AvgIpc) is 2.94. The summed E-state index contributed by atoms with van der Waals surface area (Å²) in [4.78, 5) is 18.5. The van der Waals surface area contributed by atoms with Crippen LogP contribution in [0.1, 0.15) is 19.4 Å². The number of rotatable bonds is 6. The van der Waals surface area contributed by atoms with E-state index in [0.717, 1.165) is 39.6 Å². The first-order valence-corrected chi connectivity index (χ1v) is 9.59. The highest BCUT2D eigenvalue weighted by molar-refractivity contribution is 8.83. The van der Waals surface area contributed by atoms with Crippen LogP contribution < -0.4 is 4.74 Å². The maximum absolute atomic E-state index is 12.1. The van der Waals surface area contributed by atoms with Gasteiger partial charge in [0.15, 0.2) is 0 Å². The number of likely N-dealkylation sites (N-methyl/N-ethyl adjacent to an activating group) is 1. The fourth-order valence-corrected chi connectivity index (χ4v) is 3.51. The lowest BCUT2D eigenvalue weighted by atomic mass is 10.1. The average molecular weight is 351 g/mol. The number of hydrogen-bond donors (Lipinski definition) is 1. The zero-order chi connectivity index (χ0) is 16.8. The summed E-state index contributed by atoms with van der Waals surface area (Å²) in [7, 11) is 6.62. The second kappa shape index (κ2) is 8.47. The highest BCUT2D eigenvalue weighted by Gasteiger charge is 2.14. The van der Waals surface area contributed by atoms with Gasteiger partial charge in [0.05, 0.1) is 0 Å². The second-order valence-corrected chi connectivity index (χ2v) is 7.77. The molecule has 0 saturated carbocycles. The molecule has 0 aliphatic heterocycles. The predicted octanol–water partition coefficient (Wildman–Crippen LogP) is 5.08. The number of fused-ring (bicyclic) bond motifs is 1. The van der Waals surface area contributed by atoms with Crippen LogP contribution in [0.4, 0.5) is 4.79 Å². The number of carbonyl (C=O) groups is 1. The van der Waals surface area contributed by atoms with Gasteiger partial charge >= 0.3 is 5.30 Å². The summed E-state index contributed by atoms with van der Waals surface area (Å²) in [5, 5.41) is 0.694. The van der Waals surface area contributed by atoms with Crippen LogP contribution in [0.3, 0.4) is 0 Å². The van der Waals surface area contributed by atoms with Gasteiger partial charge in [-0.1, -0.05) is 22.9 Å². The van der Waals surface area contributed by atoms with Crippen LogP contribution in [0.15, 0.2) is 35.4 Å². The van der Waals surface area contributed by atoms with E-state index in [4.69, 9.17) is 4.74 Å². The number of nitrogens with one attached hydrogen (secondary N) is 1. The fourth-order valence-electron chi connectivity index (χ4n) is 2.10. The molecule has 0 saturated heterocycles. The molecule has 1 N–H and O–H groups in total. The Labute approximate surface area is 145 Å². The first-order valence-electron chi connectivity index (χ1n) is 7.44. The molecule has 0 amide bonds. The van der Waals surface area contributed by atoms with Crippen molar-refractivity contribution in [2.75, 3.05) is 20.6 Å². The minimum Gasteiger partial charge on any atom is -0.417 e. The zero-order valence-electron chi connectivity index (χ0n) is 13.9. The molecule has 2 aromatic rings. The highest BCUT2D eigenvalue weighted by atomic mass is 33.1. The summed E-state index contributed by atoms with van der Waals surface area (Å²) in [6, 6.07) is 5.74. The zero-order valence-corrected chi connectivity index (χ0v) is 15.5. The van der Waals surface area contributed by atoms with Gasteiger partial charge in [-0.2, -0.15) is 0 Å². The van der Waals surface area contributed by atoms with Crippen LogP contribution in [0.25, 0.3) is 10.9 Å². The van der Waals surface area contributed by atoms with E-state index in [1.807, 2.05) is 58.4 Å². The van der Waals surface area contributed by atoms with Gasteiger partial charge in [-0.15, -0.1) is 0 Å². The number of H-pyrrole nitrogens is 1. The number of ether oxygens (including phenoxy) is 1. The maximum Gasteiger partial charge on any atom is 0.383 e. The number of nitrogens with zero attached hydrogens (tertiary/aromatic N) is 1. The summed E-state index contributed by atoms with van der Waals surface area (Å²) >= 11 is 0. The highest BCUT2D eigenvalue weighted by Crippen LogP contribution is 2.34. The number of aromatic amines is 1. The SMILES string of the molecule is C/C=C(\C)SSC(=O)Oc1cccc2[nH]cc(CCN(C)C)c12. The molecule has 4 nitrogen and oxygen atoms in total. The molecule has 2 rings (SSSR count). The molecule has 0 aliphatic carbocycles. The molecule has 0 atom stereocenters. The number of hydrogen-bond acceptors (Lipinski definition) is 5. The van der Waals surface area contributed by atoms with Crippen LogP contribution in [0, 0.1) is 0 Å². The first-order chi connectivity index (χ1) is 11.0. The summed E-state index contributed by atoms with van der Waals surface area (Å²) in [6.07, 6.45) is 4.87. The smallest absolute Gasteiger partial charge is 0.383 e. The number of carbonyl (C=O) groups excluding carboxylic acids is 1. The van der Waals surface area contributed by atoms with Gasteiger partial charge in [-0.05, 0) is 57.0 Å². The summed E-state index contributed by atoms with van der Waals surface area (Å²) < 4.78 is 5.57. The lowest BCUT2D eigenvalue weighted by Gasteiger charge is -2.10. The van der Waals surface area contributed by atoms with E-state index in [9.17, 15) is 4.79 Å². The molecule has 0 unspecified atom stereocenters. The Morgan fingerprint density at radius 3 is 2.83 bits per heavy atom. The van der Waals surface area contributed by atoms with Crippen LogP contribution in [-0.4, -0.2) is 35.8 Å². The normalized spacial score (nSPS) is 12.1. The maximum atomic E-state index is 12.1. The van der Waals surface area contributed by atoms with Gasteiger partial charge in [0.25, 0.3) is 0 Å². The van der Waals surface area contributed by atoms with Gasteiger partial charge in [0, 0.05) is 34.4 Å². The third-order valence-corrected chi connectivity index (χ3v) is 5.67. The molecule has 23 heavy (non-hydrogen) atoms. The van der Waals surface area contributed by atoms with E-state index in [-0.39, 0.29) is 5.30 Å². The van der Waals surface area contributed by atoms with Crippen molar-refractivity contribution in [3.63, 3.8) is 0 Å². The van der Waals surface area contributed by atoms with Crippen LogP contribution in [0.5, 0.6) is 5.75 Å². The topological polar surface area (TPSA) is 45.3 Å². The third-order valence-electron chi connectivity index (χ3n) is 3.42. The summed E-state index contributed by atoms with van der Waals surface area (Å²) in [5.74, 6) is 0.619. The van der Waals surface area contributed by atoms with Crippen molar-refractivity contribution in [3.8, 4) is 5.75 Å². The molecule has 0 fully saturated rings. The molecule has 0 aliphatic rings. The largest absolute Gasteiger partial charge is 0.417 e. The van der Waals surface area contributed by atoms with E-state index in [1.165, 1.54) is 16.4 Å². The van der Waals surface area contributed by atoms with Crippen molar-refractivity contribution in [1.29, 1.82) is 0 Å². The molecule has 0 radical (unpaired) electrons. The Morgan fingerprint density at radius 2 is 2.13 bits per heavy atom. The summed E-state index contributed by atoms with van der Waals surface area (Å²) in [5.41, 5.74) is 2.16. The van der Waals surface area contributed by atoms with Crippen molar-refractivity contribution < 1.29 is 9.53 Å². The van der Waals surface area contributed by atoms with E-state index >= 15 is 0 Å². The Morgan fingerprint density at radius 1 is 1.35 bits per heavy atom. The Kier molecular flexibility index (Phi) is 6.62. The number of allylic oxidation sites excluding steroid dienone is 2. The molecular weight excluding hydrogens is 328 g/mol. The lowest BCUT2D eigenvalue weighted by Crippen LogP contribution is -2.14. The minimum atomic E-state index is -0.302. The van der Waals surface area contributed by atoms with Gasteiger partial charge in [-0.25, -0.2) is 4.79 Å². The molecule has 6 heteroatoms. The van der Waals surface area contributed by atoms with Crippen LogP contribution in [-0.2, 0) is 6.42 Å². The number of aromatic nitrogens is 1. The Bertz CT molecular complexity index is 708. The van der Waals surface area contributed by atoms with E-state index in [1.54, 1.807) is 0 Å². The van der Waals surface area contributed by atoms with Crippen LogP contribution >= 0.6 is 21.6 Å². The predicted molar refractivity (Wildman–Crippen MR) is 101 cm³/mol. The van der Waals surface area contributed by atoms with Gasteiger partial charge in [-0.3, -0.25) is 0 Å². The lowest BCUT2D eigenvalue weighted by molar-refractivity contribution is 0.228. The monoisotopic (exact) mass is 350 g/mol. The fraction of sp³-hybridized carbons (Fsp3) is 0.353. The minimum absolute atomic E-state index is 0.302. The number of benzene rings is 1. The standard InChI is InChI=1S/C17H22N2O2S2/c1-5-12(2)22-23-17(20)21-15-8-6-7-14-16(15)13(11-18-14)9-10-19(3)4/h5-8,11,18H,9-10H2,1-4H3/b12-5+. The quantitative estimate of drug-likeness (QED) is 0.582. The molecular formula is C17H22N2O2S2. The molecule has 1 aromatic heterocycles. The van der Waals surface area contributed by atoms with E-state index in [2.05, 4.69) is 9.88 Å². The van der Waals surface area contributed by atoms with Crippen LogP contribution in [0.2, 0.25) is 0 Å². The first kappa shape index (κ1) is 18.0. The van der Waals surface area contributed by atoms with Crippen molar-refractivity contribution in [3.05, 3.63) is 40.9 Å². The third kappa shape index (κ3) is 5.06. The van der Waals surface area contributed by atoms with Crippen molar-refractivity contribution >= 4 is 37.8 Å². The summed E-state index contributed by atoms with van der Waals surface area (Å²) in [6.45, 7) is 4.86.